The van der Waals surface area contributed by atoms with Crippen LogP contribution >= 0.6 is 11.6 Å². The van der Waals surface area contributed by atoms with Gasteiger partial charge in [-0.05, 0) is 56.2 Å². The summed E-state index contributed by atoms with van der Waals surface area (Å²) in [6.07, 6.45) is 2.42. The van der Waals surface area contributed by atoms with Crippen LogP contribution in [0.1, 0.15) is 31.9 Å². The number of alkyl carbamates (subject to hydrolysis) is 1. The van der Waals surface area contributed by atoms with Gasteiger partial charge in [0.05, 0.1) is 0 Å². The van der Waals surface area contributed by atoms with Crippen molar-refractivity contribution in [3.63, 3.8) is 0 Å². The van der Waals surface area contributed by atoms with E-state index in [2.05, 4.69) is 16.0 Å². The Morgan fingerprint density at radius 2 is 1.68 bits per heavy atom. The average Bonchev–Trinajstić information content (AvgIpc) is 2.70. The van der Waals surface area contributed by atoms with Crippen LogP contribution in [0.3, 0.4) is 0 Å². The van der Waals surface area contributed by atoms with Gasteiger partial charge in [0.1, 0.15) is 12.1 Å². The predicted octanol–water partition coefficient (Wildman–Crippen LogP) is 4.13. The molecular weight excluding hydrogens is 418 g/mol. The van der Waals surface area contributed by atoms with Gasteiger partial charge in [-0.1, -0.05) is 41.9 Å². The molecule has 7 nitrogen and oxygen atoms in total. The summed E-state index contributed by atoms with van der Waals surface area (Å²) in [4.78, 5) is 35.5. The van der Waals surface area contributed by atoms with Crippen molar-refractivity contribution in [2.75, 3.05) is 11.9 Å². The highest BCUT2D eigenvalue weighted by Gasteiger charge is 2.16. The minimum absolute atomic E-state index is 0.204. The number of nitrogens with one attached hydrogen (secondary N) is 3. The highest BCUT2D eigenvalue weighted by molar-refractivity contribution is 6.32. The Bertz CT molecular complexity index is 950. The van der Waals surface area contributed by atoms with Gasteiger partial charge in [-0.2, -0.15) is 0 Å². The first-order valence-corrected chi connectivity index (χ1v) is 10.1. The molecule has 0 atom stereocenters. The number of hydrogen-bond donors (Lipinski definition) is 3. The Morgan fingerprint density at radius 1 is 1.00 bits per heavy atom. The fourth-order valence-electron chi connectivity index (χ4n) is 2.40. The molecule has 164 valence electrons. The third-order valence-corrected chi connectivity index (χ3v) is 4.16. The van der Waals surface area contributed by atoms with E-state index in [0.29, 0.717) is 17.3 Å². The number of anilines is 1. The normalized spacial score (nSPS) is 11.1. The highest BCUT2D eigenvalue weighted by Crippen LogP contribution is 2.16. The van der Waals surface area contributed by atoms with Crippen LogP contribution in [-0.2, 0) is 20.9 Å². The molecule has 0 fully saturated rings. The molecule has 0 bridgehead atoms. The second-order valence-corrected chi connectivity index (χ2v) is 8.08. The number of halogens is 1. The van der Waals surface area contributed by atoms with Crippen molar-refractivity contribution in [3.05, 3.63) is 70.8 Å². The summed E-state index contributed by atoms with van der Waals surface area (Å²) in [7, 11) is 0. The molecule has 0 heterocycles. The molecule has 2 aromatic rings. The first kappa shape index (κ1) is 24.0. The zero-order chi connectivity index (χ0) is 22.9. The summed E-state index contributed by atoms with van der Waals surface area (Å²) in [5, 5.41) is 8.43. The second-order valence-electron chi connectivity index (χ2n) is 7.67. The maximum absolute atomic E-state index is 12.0. The molecule has 2 rings (SSSR count). The van der Waals surface area contributed by atoms with Crippen LogP contribution < -0.4 is 16.0 Å². The minimum atomic E-state index is -0.655. The monoisotopic (exact) mass is 443 g/mol. The summed E-state index contributed by atoms with van der Waals surface area (Å²) < 4.78 is 5.07. The summed E-state index contributed by atoms with van der Waals surface area (Å²) >= 11 is 6.05. The van der Waals surface area contributed by atoms with Crippen LogP contribution in [0, 0.1) is 0 Å². The lowest BCUT2D eigenvalue weighted by Crippen LogP contribution is -2.37. The van der Waals surface area contributed by atoms with Gasteiger partial charge in [0.25, 0.3) is 0 Å². The standard InChI is InChI=1S/C23H26ClN3O4/c1-23(2,3)31-22(30)26-15-21(29)27-18-11-8-16(9-12-18)14-25-20(28)13-10-17-6-4-5-7-19(17)24/h4-13H,14-15H2,1-3H3,(H,25,28)(H,26,30)(H,27,29)/b13-10+. The number of carbonyl (C=O) groups is 3. The van der Waals surface area contributed by atoms with E-state index in [1.807, 2.05) is 18.2 Å². The van der Waals surface area contributed by atoms with Gasteiger partial charge in [0.15, 0.2) is 0 Å². The molecule has 0 saturated carbocycles. The van der Waals surface area contributed by atoms with E-state index in [-0.39, 0.29) is 18.4 Å². The van der Waals surface area contributed by atoms with Gasteiger partial charge < -0.3 is 20.7 Å². The van der Waals surface area contributed by atoms with Crippen LogP contribution in [0.2, 0.25) is 5.02 Å². The lowest BCUT2D eigenvalue weighted by atomic mass is 10.2. The first-order chi connectivity index (χ1) is 14.6. The Labute approximate surface area is 186 Å². The summed E-state index contributed by atoms with van der Waals surface area (Å²) in [5.74, 6) is -0.623. The lowest BCUT2D eigenvalue weighted by molar-refractivity contribution is -0.117. The quantitative estimate of drug-likeness (QED) is 0.560. The molecule has 0 unspecified atom stereocenters. The topological polar surface area (TPSA) is 96.5 Å². The molecule has 0 aliphatic carbocycles. The van der Waals surface area contributed by atoms with Crippen LogP contribution in [-0.4, -0.2) is 30.1 Å². The molecule has 0 aliphatic rings. The largest absolute Gasteiger partial charge is 0.444 e. The number of carbonyl (C=O) groups excluding carboxylic acids is 3. The maximum atomic E-state index is 12.0. The fourth-order valence-corrected chi connectivity index (χ4v) is 2.60. The fraction of sp³-hybridized carbons (Fsp3) is 0.261. The van der Waals surface area contributed by atoms with Crippen molar-refractivity contribution in [1.29, 1.82) is 0 Å². The van der Waals surface area contributed by atoms with Crippen molar-refractivity contribution in [2.24, 2.45) is 0 Å². The van der Waals surface area contributed by atoms with Gasteiger partial charge >= 0.3 is 6.09 Å². The van der Waals surface area contributed by atoms with E-state index in [0.717, 1.165) is 11.1 Å². The SMILES string of the molecule is CC(C)(C)OC(=O)NCC(=O)Nc1ccc(CNC(=O)/C=C/c2ccccc2Cl)cc1. The molecule has 0 aromatic heterocycles. The molecule has 0 aliphatic heterocycles. The molecule has 0 spiro atoms. The number of hydrogen-bond acceptors (Lipinski definition) is 4. The molecule has 0 saturated heterocycles. The molecule has 3 N–H and O–H groups in total. The lowest BCUT2D eigenvalue weighted by Gasteiger charge is -2.19. The average molecular weight is 444 g/mol. The smallest absolute Gasteiger partial charge is 0.408 e. The van der Waals surface area contributed by atoms with Gasteiger partial charge in [0.2, 0.25) is 11.8 Å². The van der Waals surface area contributed by atoms with Crippen LogP contribution in [0.5, 0.6) is 0 Å². The Morgan fingerprint density at radius 3 is 2.32 bits per heavy atom. The molecule has 2 aromatic carbocycles. The Balaban J connectivity index is 1.76. The van der Waals surface area contributed by atoms with Crippen molar-refractivity contribution in [3.8, 4) is 0 Å². The number of ether oxygens (including phenoxy) is 1. The van der Waals surface area contributed by atoms with Crippen LogP contribution in [0.15, 0.2) is 54.6 Å². The van der Waals surface area contributed by atoms with Crippen molar-refractivity contribution in [2.45, 2.75) is 32.9 Å². The zero-order valence-electron chi connectivity index (χ0n) is 17.7. The second kappa shape index (κ2) is 11.2. The zero-order valence-corrected chi connectivity index (χ0v) is 18.5. The van der Waals surface area contributed by atoms with E-state index in [1.165, 1.54) is 6.08 Å². The molecule has 0 radical (unpaired) electrons. The maximum Gasteiger partial charge on any atom is 0.408 e. The van der Waals surface area contributed by atoms with Gasteiger partial charge in [-0.3, -0.25) is 9.59 Å². The van der Waals surface area contributed by atoms with E-state index < -0.39 is 11.7 Å². The Kier molecular flexibility index (Phi) is 8.63. The third kappa shape index (κ3) is 9.35. The predicted molar refractivity (Wildman–Crippen MR) is 122 cm³/mol. The van der Waals surface area contributed by atoms with E-state index in [1.54, 1.807) is 57.2 Å². The summed E-state index contributed by atoms with van der Waals surface area (Å²) in [6.45, 7) is 5.36. The van der Waals surface area contributed by atoms with Gasteiger partial charge in [0, 0.05) is 23.3 Å². The molecular formula is C23H26ClN3O4. The first-order valence-electron chi connectivity index (χ1n) is 9.68. The molecule has 3 amide bonds. The number of amides is 3. The third-order valence-electron chi connectivity index (χ3n) is 3.82. The van der Waals surface area contributed by atoms with Crippen LogP contribution in [0.25, 0.3) is 6.08 Å². The summed E-state index contributed by atoms with van der Waals surface area (Å²) in [5.41, 5.74) is 1.57. The van der Waals surface area contributed by atoms with Crippen LogP contribution in [0.4, 0.5) is 10.5 Å². The van der Waals surface area contributed by atoms with Crippen molar-refractivity contribution >= 4 is 41.3 Å². The Hall–Kier alpha value is -3.32. The molecule has 31 heavy (non-hydrogen) atoms. The van der Waals surface area contributed by atoms with E-state index in [9.17, 15) is 14.4 Å². The van der Waals surface area contributed by atoms with E-state index in [4.69, 9.17) is 16.3 Å². The summed E-state index contributed by atoms with van der Waals surface area (Å²) in [6, 6.07) is 14.2. The highest BCUT2D eigenvalue weighted by atomic mass is 35.5. The minimum Gasteiger partial charge on any atom is -0.444 e. The number of rotatable bonds is 7. The van der Waals surface area contributed by atoms with E-state index >= 15 is 0 Å². The van der Waals surface area contributed by atoms with Gasteiger partial charge in [-0.15, -0.1) is 0 Å². The number of benzene rings is 2. The molecule has 8 heteroatoms. The van der Waals surface area contributed by atoms with Crippen molar-refractivity contribution < 1.29 is 19.1 Å². The van der Waals surface area contributed by atoms with Gasteiger partial charge in [-0.25, -0.2) is 4.79 Å². The van der Waals surface area contributed by atoms with Crippen molar-refractivity contribution in [1.82, 2.24) is 10.6 Å².